The van der Waals surface area contributed by atoms with Crippen LogP contribution in [0.1, 0.15) is 18.5 Å². The zero-order valence-electron chi connectivity index (χ0n) is 13.0. The maximum Gasteiger partial charge on any atom is 0.319 e. The smallest absolute Gasteiger partial charge is 0.319 e. The quantitative estimate of drug-likeness (QED) is 0.822. The Morgan fingerprint density at radius 2 is 1.71 bits per heavy atom. The molecule has 0 aliphatic rings. The first kappa shape index (κ1) is 18.6. The predicted molar refractivity (Wildman–Crippen MR) is 96.6 cm³/mol. The van der Waals surface area contributed by atoms with Gasteiger partial charge in [0.05, 0.1) is 10.9 Å². The lowest BCUT2D eigenvalue weighted by Crippen LogP contribution is -2.31. The Bertz CT molecular complexity index is 852. The van der Waals surface area contributed by atoms with E-state index < -0.39 is 15.9 Å². The molecule has 2 amide bonds. The molecule has 0 bridgehead atoms. The average molecular weight is 387 g/mol. The molecule has 1 atom stereocenters. The summed E-state index contributed by atoms with van der Waals surface area (Å²) in [5.41, 5.74) is 1.22. The van der Waals surface area contributed by atoms with E-state index in [2.05, 4.69) is 10.6 Å². The lowest BCUT2D eigenvalue weighted by Gasteiger charge is -2.16. The van der Waals surface area contributed by atoms with Crippen LogP contribution in [0, 0.1) is 0 Å². The standard InChI is InChI=1S/C16H16Cl2N2O3S/c1-10(14-8-3-11(17)9-15(14)18)19-16(21)20-12-4-6-13(7-5-12)24(2,22)23/h3-10H,1-2H3,(H2,19,20,21). The molecule has 0 radical (unpaired) electrons. The molecule has 0 saturated carbocycles. The molecule has 0 spiro atoms. The van der Waals surface area contributed by atoms with E-state index in [1.54, 1.807) is 25.1 Å². The summed E-state index contributed by atoms with van der Waals surface area (Å²) in [7, 11) is -3.27. The molecule has 0 saturated heterocycles. The van der Waals surface area contributed by atoms with Crippen LogP contribution >= 0.6 is 23.2 Å². The summed E-state index contributed by atoms with van der Waals surface area (Å²) in [4.78, 5) is 12.2. The van der Waals surface area contributed by atoms with Gasteiger partial charge in [0.2, 0.25) is 0 Å². The van der Waals surface area contributed by atoms with Crippen LogP contribution < -0.4 is 10.6 Å². The highest BCUT2D eigenvalue weighted by atomic mass is 35.5. The molecule has 5 nitrogen and oxygen atoms in total. The molecule has 0 aromatic heterocycles. The Balaban J connectivity index is 2.02. The van der Waals surface area contributed by atoms with E-state index in [9.17, 15) is 13.2 Å². The minimum absolute atomic E-state index is 0.190. The summed E-state index contributed by atoms with van der Waals surface area (Å²) in [5, 5.41) is 6.38. The largest absolute Gasteiger partial charge is 0.331 e. The van der Waals surface area contributed by atoms with Crippen LogP contribution in [-0.2, 0) is 9.84 Å². The van der Waals surface area contributed by atoms with E-state index >= 15 is 0 Å². The van der Waals surface area contributed by atoms with E-state index in [-0.39, 0.29) is 10.9 Å². The molecule has 2 rings (SSSR count). The minimum atomic E-state index is -3.27. The van der Waals surface area contributed by atoms with Gasteiger partial charge in [0, 0.05) is 22.0 Å². The number of halogens is 2. The summed E-state index contributed by atoms with van der Waals surface area (Å²) in [5.74, 6) is 0. The van der Waals surface area contributed by atoms with Crippen LogP contribution in [-0.4, -0.2) is 20.7 Å². The van der Waals surface area contributed by atoms with Gasteiger partial charge in [-0.15, -0.1) is 0 Å². The third-order valence-corrected chi connectivity index (χ3v) is 5.01. The second-order valence-corrected chi connectivity index (χ2v) is 8.14. The fourth-order valence-electron chi connectivity index (χ4n) is 2.08. The number of benzene rings is 2. The van der Waals surface area contributed by atoms with Crippen LogP contribution in [0.4, 0.5) is 10.5 Å². The molecule has 128 valence electrons. The van der Waals surface area contributed by atoms with E-state index in [0.29, 0.717) is 15.7 Å². The molecule has 2 N–H and O–H groups in total. The number of rotatable bonds is 4. The van der Waals surface area contributed by atoms with Crippen molar-refractivity contribution in [3.63, 3.8) is 0 Å². The number of carbonyl (C=O) groups is 1. The molecule has 2 aromatic rings. The fourth-order valence-corrected chi connectivity index (χ4v) is 3.28. The van der Waals surface area contributed by atoms with E-state index in [4.69, 9.17) is 23.2 Å². The summed E-state index contributed by atoms with van der Waals surface area (Å²) < 4.78 is 22.8. The number of carbonyl (C=O) groups excluding carboxylic acids is 1. The van der Waals surface area contributed by atoms with Crippen molar-refractivity contribution in [3.8, 4) is 0 Å². The van der Waals surface area contributed by atoms with Crippen LogP contribution in [0.5, 0.6) is 0 Å². The van der Waals surface area contributed by atoms with Crippen LogP contribution in [0.15, 0.2) is 47.4 Å². The second-order valence-electron chi connectivity index (χ2n) is 5.28. The van der Waals surface area contributed by atoms with Crippen LogP contribution in [0.3, 0.4) is 0 Å². The van der Waals surface area contributed by atoms with Gasteiger partial charge < -0.3 is 10.6 Å². The molecule has 1 unspecified atom stereocenters. The van der Waals surface area contributed by atoms with Crippen molar-refractivity contribution in [1.29, 1.82) is 0 Å². The number of hydrogen-bond acceptors (Lipinski definition) is 3. The zero-order chi connectivity index (χ0) is 17.9. The summed E-state index contributed by atoms with van der Waals surface area (Å²) >= 11 is 12.0. The van der Waals surface area contributed by atoms with Crippen molar-refractivity contribution in [1.82, 2.24) is 5.32 Å². The van der Waals surface area contributed by atoms with E-state index in [1.807, 2.05) is 0 Å². The lowest BCUT2D eigenvalue weighted by atomic mass is 10.1. The monoisotopic (exact) mass is 386 g/mol. The Labute approximate surface area is 150 Å². The van der Waals surface area contributed by atoms with Crippen molar-refractivity contribution in [3.05, 3.63) is 58.1 Å². The average Bonchev–Trinajstić information content (AvgIpc) is 2.46. The van der Waals surface area contributed by atoms with Crippen molar-refractivity contribution < 1.29 is 13.2 Å². The molecular weight excluding hydrogens is 371 g/mol. The first-order valence-electron chi connectivity index (χ1n) is 6.99. The number of sulfone groups is 1. The number of anilines is 1. The van der Waals surface area contributed by atoms with Gasteiger partial charge >= 0.3 is 6.03 Å². The number of urea groups is 1. The summed E-state index contributed by atoms with van der Waals surface area (Å²) in [6.07, 6.45) is 1.12. The van der Waals surface area contributed by atoms with Gasteiger partial charge in [-0.3, -0.25) is 0 Å². The highest BCUT2D eigenvalue weighted by Gasteiger charge is 2.13. The molecule has 0 fully saturated rings. The third-order valence-electron chi connectivity index (χ3n) is 3.32. The Hall–Kier alpha value is -1.76. The molecule has 0 aliphatic carbocycles. The van der Waals surface area contributed by atoms with Gasteiger partial charge in [-0.05, 0) is 48.9 Å². The molecular formula is C16H16Cl2N2O3S. The Morgan fingerprint density at radius 1 is 1.08 bits per heavy atom. The normalized spacial score (nSPS) is 12.5. The zero-order valence-corrected chi connectivity index (χ0v) is 15.3. The van der Waals surface area contributed by atoms with Gasteiger partial charge in [0.25, 0.3) is 0 Å². The van der Waals surface area contributed by atoms with Crippen molar-refractivity contribution in [2.75, 3.05) is 11.6 Å². The van der Waals surface area contributed by atoms with Crippen molar-refractivity contribution in [2.24, 2.45) is 0 Å². The van der Waals surface area contributed by atoms with Gasteiger partial charge in [0.1, 0.15) is 0 Å². The van der Waals surface area contributed by atoms with Gasteiger partial charge in [-0.1, -0.05) is 29.3 Å². The first-order valence-corrected chi connectivity index (χ1v) is 9.64. The van der Waals surface area contributed by atoms with Crippen molar-refractivity contribution >= 4 is 44.8 Å². The SMILES string of the molecule is CC(NC(=O)Nc1ccc(S(C)(=O)=O)cc1)c1ccc(Cl)cc1Cl. The van der Waals surface area contributed by atoms with Crippen molar-refractivity contribution in [2.45, 2.75) is 17.9 Å². The molecule has 0 aliphatic heterocycles. The number of hydrogen-bond donors (Lipinski definition) is 2. The summed E-state index contributed by atoms with van der Waals surface area (Å²) in [6, 6.07) is 10.2. The van der Waals surface area contributed by atoms with Gasteiger partial charge in [-0.25, -0.2) is 13.2 Å². The molecule has 24 heavy (non-hydrogen) atoms. The second kappa shape index (κ2) is 7.42. The fraction of sp³-hybridized carbons (Fsp3) is 0.188. The maximum absolute atomic E-state index is 12.0. The molecule has 2 aromatic carbocycles. The first-order chi connectivity index (χ1) is 11.2. The topological polar surface area (TPSA) is 75.3 Å². The highest BCUT2D eigenvalue weighted by molar-refractivity contribution is 7.90. The van der Waals surface area contributed by atoms with Crippen LogP contribution in [0.2, 0.25) is 10.0 Å². The lowest BCUT2D eigenvalue weighted by molar-refractivity contribution is 0.249. The van der Waals surface area contributed by atoms with Crippen LogP contribution in [0.25, 0.3) is 0 Å². The Kier molecular flexibility index (Phi) is 5.74. The molecule has 0 heterocycles. The van der Waals surface area contributed by atoms with E-state index in [0.717, 1.165) is 11.8 Å². The van der Waals surface area contributed by atoms with Gasteiger partial charge in [0.15, 0.2) is 9.84 Å². The Morgan fingerprint density at radius 3 is 2.25 bits per heavy atom. The summed E-state index contributed by atoms with van der Waals surface area (Å²) in [6.45, 7) is 1.79. The molecule has 8 heteroatoms. The maximum atomic E-state index is 12.0. The highest BCUT2D eigenvalue weighted by Crippen LogP contribution is 2.26. The third kappa shape index (κ3) is 4.87. The van der Waals surface area contributed by atoms with Gasteiger partial charge in [-0.2, -0.15) is 0 Å². The number of amides is 2. The predicted octanol–water partition coefficient (Wildman–Crippen LogP) is 4.28. The number of nitrogens with one attached hydrogen (secondary N) is 2. The van der Waals surface area contributed by atoms with E-state index in [1.165, 1.54) is 24.3 Å². The minimum Gasteiger partial charge on any atom is -0.331 e.